The van der Waals surface area contributed by atoms with Gasteiger partial charge in [0, 0.05) is 19.5 Å². The van der Waals surface area contributed by atoms with Gasteiger partial charge in [-0.1, -0.05) is 25.7 Å². The van der Waals surface area contributed by atoms with E-state index >= 15 is 0 Å². The summed E-state index contributed by atoms with van der Waals surface area (Å²) in [5.74, 6) is -4.85. The van der Waals surface area contributed by atoms with Crippen molar-refractivity contribution in [3.05, 3.63) is 0 Å². The quantitative estimate of drug-likeness (QED) is 0.0425. The summed E-state index contributed by atoms with van der Waals surface area (Å²) in [6, 6.07) is -3.85. The van der Waals surface area contributed by atoms with E-state index in [1.165, 1.54) is 6.92 Å². The topological polar surface area (TPSA) is 291 Å². The number of guanidine groups is 2. The molecule has 0 saturated heterocycles. The van der Waals surface area contributed by atoms with Gasteiger partial charge in [-0.2, -0.15) is 0 Å². The number of hydrogen-bond donors (Lipinski definition) is 9. The summed E-state index contributed by atoms with van der Waals surface area (Å²) in [4.78, 5) is 67.7. The molecule has 3 amide bonds. The van der Waals surface area contributed by atoms with Gasteiger partial charge in [-0.3, -0.25) is 29.2 Å². The first-order valence-electron chi connectivity index (χ1n) is 12.8. The number of carboxylic acids is 2. The predicted octanol–water partition coefficient (Wildman–Crippen LogP) is -1.92. The maximum atomic E-state index is 12.6. The van der Waals surface area contributed by atoms with E-state index in [1.54, 1.807) is 0 Å². The summed E-state index contributed by atoms with van der Waals surface area (Å²) in [7, 11) is 0. The Morgan fingerprint density at radius 2 is 1.23 bits per heavy atom. The first-order chi connectivity index (χ1) is 18.3. The Kier molecular flexibility index (Phi) is 17.8. The fourth-order valence-corrected chi connectivity index (χ4v) is 3.40. The zero-order valence-electron chi connectivity index (χ0n) is 22.4. The van der Waals surface area contributed by atoms with Crippen LogP contribution in [0.1, 0.15) is 71.1 Å². The molecule has 222 valence electrons. The van der Waals surface area contributed by atoms with E-state index in [-0.39, 0.29) is 37.7 Å². The second kappa shape index (κ2) is 19.9. The third-order valence-corrected chi connectivity index (χ3v) is 5.45. The molecule has 16 nitrogen and oxygen atoms in total. The Balaban J connectivity index is 4.65. The van der Waals surface area contributed by atoms with Gasteiger partial charge in [0.1, 0.15) is 18.1 Å². The first kappa shape index (κ1) is 34.9. The van der Waals surface area contributed by atoms with E-state index in [9.17, 15) is 29.1 Å². The van der Waals surface area contributed by atoms with E-state index < -0.39 is 54.2 Å². The molecule has 0 saturated carbocycles. The summed E-state index contributed by atoms with van der Waals surface area (Å²) >= 11 is 0. The van der Waals surface area contributed by atoms with E-state index in [0.29, 0.717) is 13.0 Å². The number of carboxylic acid groups (broad SMARTS) is 2. The smallest absolute Gasteiger partial charge is 0.326 e. The van der Waals surface area contributed by atoms with Gasteiger partial charge in [0.25, 0.3) is 0 Å². The maximum Gasteiger partial charge on any atom is 0.326 e. The zero-order valence-corrected chi connectivity index (χ0v) is 22.4. The molecule has 3 atom stereocenters. The monoisotopic (exact) mass is 557 g/mol. The first-order valence-corrected chi connectivity index (χ1v) is 12.8. The van der Waals surface area contributed by atoms with Crippen LogP contribution in [0.15, 0.2) is 9.98 Å². The highest BCUT2D eigenvalue weighted by atomic mass is 16.4. The molecule has 0 rings (SSSR count). The minimum absolute atomic E-state index is 0.0359. The summed E-state index contributed by atoms with van der Waals surface area (Å²) < 4.78 is 0. The highest BCUT2D eigenvalue weighted by molar-refractivity contribution is 5.94. The van der Waals surface area contributed by atoms with Gasteiger partial charge in [-0.25, -0.2) is 4.79 Å². The molecule has 0 aliphatic carbocycles. The van der Waals surface area contributed by atoms with Crippen LogP contribution in [0.4, 0.5) is 0 Å². The predicted molar refractivity (Wildman–Crippen MR) is 144 cm³/mol. The van der Waals surface area contributed by atoms with Crippen molar-refractivity contribution < 1.29 is 34.2 Å². The van der Waals surface area contributed by atoms with Crippen molar-refractivity contribution in [3.8, 4) is 0 Å². The standard InChI is InChI=1S/C23H43N9O7/c1-14(19(36)32-15(21(38)39)9-8-12-29-23(26)27)30-20(37)16(13-18(34)35)31-17(33)10-6-4-2-3-5-7-11-28-22(24)25/h14-16H,2-13H2,1H3,(H,30,37)(H,31,33)(H,32,36)(H,34,35)(H,38,39)(H4,24,25,28)(H4,26,27,29)/t14-,15-,16-/m0/s1. The Labute approximate surface area is 227 Å². The van der Waals surface area contributed by atoms with Gasteiger partial charge in [-0.15, -0.1) is 0 Å². The van der Waals surface area contributed by atoms with Gasteiger partial charge in [0.2, 0.25) is 17.7 Å². The molecule has 0 heterocycles. The number of nitrogens with two attached hydrogens (primary N) is 4. The van der Waals surface area contributed by atoms with Crippen LogP contribution in [-0.2, 0) is 24.0 Å². The van der Waals surface area contributed by atoms with Crippen LogP contribution in [0.5, 0.6) is 0 Å². The molecule has 0 aliphatic rings. The number of rotatable bonds is 21. The summed E-state index contributed by atoms with van der Waals surface area (Å²) in [5, 5.41) is 25.5. The van der Waals surface area contributed by atoms with Crippen molar-refractivity contribution in [3.63, 3.8) is 0 Å². The molecule has 0 spiro atoms. The number of aliphatic imine (C=N–C) groups is 2. The molecule has 0 aliphatic heterocycles. The van der Waals surface area contributed by atoms with Crippen LogP contribution in [0.3, 0.4) is 0 Å². The average Bonchev–Trinajstić information content (AvgIpc) is 2.83. The zero-order chi connectivity index (χ0) is 29.8. The average molecular weight is 558 g/mol. The third-order valence-electron chi connectivity index (χ3n) is 5.45. The second-order valence-corrected chi connectivity index (χ2v) is 8.97. The molecule has 0 fully saturated rings. The molecule has 0 aromatic rings. The maximum absolute atomic E-state index is 12.6. The Bertz CT molecular complexity index is 872. The van der Waals surface area contributed by atoms with E-state index in [4.69, 9.17) is 28.0 Å². The van der Waals surface area contributed by atoms with Crippen molar-refractivity contribution in [1.82, 2.24) is 16.0 Å². The van der Waals surface area contributed by atoms with Gasteiger partial charge in [-0.05, 0) is 32.6 Å². The van der Waals surface area contributed by atoms with Crippen LogP contribution in [0, 0.1) is 0 Å². The van der Waals surface area contributed by atoms with Gasteiger partial charge >= 0.3 is 11.9 Å². The molecule has 16 heteroatoms. The van der Waals surface area contributed by atoms with Crippen LogP contribution in [0.25, 0.3) is 0 Å². The number of nitrogens with one attached hydrogen (secondary N) is 3. The van der Waals surface area contributed by atoms with Gasteiger partial charge < -0.3 is 49.1 Å². The largest absolute Gasteiger partial charge is 0.481 e. The fourth-order valence-electron chi connectivity index (χ4n) is 3.40. The normalized spacial score (nSPS) is 12.7. The molecule has 0 unspecified atom stereocenters. The highest BCUT2D eigenvalue weighted by Gasteiger charge is 2.28. The SMILES string of the molecule is C[C@H](NC(=O)[C@H](CC(=O)O)NC(=O)CCCCCCCCN=C(N)N)C(=O)N[C@@H](CCCN=C(N)N)C(=O)O. The van der Waals surface area contributed by atoms with Gasteiger partial charge in [0.15, 0.2) is 11.9 Å². The number of hydrogen-bond acceptors (Lipinski definition) is 7. The minimum Gasteiger partial charge on any atom is -0.481 e. The summed E-state index contributed by atoms with van der Waals surface area (Å²) in [6.07, 6.45) is 4.71. The van der Waals surface area contributed by atoms with Crippen LogP contribution < -0.4 is 38.9 Å². The molecular formula is C23H43N9O7. The van der Waals surface area contributed by atoms with Crippen LogP contribution in [0.2, 0.25) is 0 Å². The fraction of sp³-hybridized carbons (Fsp3) is 0.696. The van der Waals surface area contributed by atoms with E-state index in [2.05, 4.69) is 25.9 Å². The lowest BCUT2D eigenvalue weighted by molar-refractivity contribution is -0.143. The van der Waals surface area contributed by atoms with E-state index in [1.807, 2.05) is 0 Å². The number of carbonyl (C=O) groups is 5. The van der Waals surface area contributed by atoms with Crippen LogP contribution >= 0.6 is 0 Å². The third kappa shape index (κ3) is 18.7. The lowest BCUT2D eigenvalue weighted by Crippen LogP contribution is -2.55. The van der Waals surface area contributed by atoms with Crippen molar-refractivity contribution in [1.29, 1.82) is 0 Å². The molecular weight excluding hydrogens is 514 g/mol. The van der Waals surface area contributed by atoms with Crippen molar-refractivity contribution in [2.24, 2.45) is 32.9 Å². The second-order valence-electron chi connectivity index (χ2n) is 8.97. The number of nitrogens with zero attached hydrogens (tertiary/aromatic N) is 2. The van der Waals surface area contributed by atoms with E-state index in [0.717, 1.165) is 32.1 Å². The lowest BCUT2D eigenvalue weighted by atomic mass is 10.1. The molecule has 0 aromatic carbocycles. The van der Waals surface area contributed by atoms with Crippen molar-refractivity contribution >= 4 is 41.6 Å². The van der Waals surface area contributed by atoms with Crippen molar-refractivity contribution in [2.45, 2.75) is 89.3 Å². The summed E-state index contributed by atoms with van der Waals surface area (Å²) in [6.45, 7) is 2.05. The molecule has 0 aromatic heterocycles. The Hall–Kier alpha value is -4.11. The lowest BCUT2D eigenvalue weighted by Gasteiger charge is -2.21. The highest BCUT2D eigenvalue weighted by Crippen LogP contribution is 2.08. The summed E-state index contributed by atoms with van der Waals surface area (Å²) in [5.41, 5.74) is 20.9. The Morgan fingerprint density at radius 1 is 0.692 bits per heavy atom. The number of amides is 3. The molecule has 0 radical (unpaired) electrons. The minimum atomic E-state index is -1.41. The number of carbonyl (C=O) groups excluding carboxylic acids is 3. The molecule has 13 N–H and O–H groups in total. The molecule has 0 bridgehead atoms. The Morgan fingerprint density at radius 3 is 1.77 bits per heavy atom. The van der Waals surface area contributed by atoms with Crippen LogP contribution in [-0.4, -0.2) is 83.0 Å². The number of aliphatic carboxylic acids is 2. The number of unbranched alkanes of at least 4 members (excludes halogenated alkanes) is 5. The van der Waals surface area contributed by atoms with Crippen molar-refractivity contribution in [2.75, 3.05) is 13.1 Å². The van der Waals surface area contributed by atoms with Gasteiger partial charge in [0.05, 0.1) is 6.42 Å². The molecule has 39 heavy (non-hydrogen) atoms.